The van der Waals surface area contributed by atoms with Crippen LogP contribution in [0.1, 0.15) is 5.82 Å². The maximum Gasteiger partial charge on any atom is 0.224 e. The minimum absolute atomic E-state index is 0.218. The molecule has 1 heterocycles. The zero-order valence-corrected chi connectivity index (χ0v) is 11.6. The topological polar surface area (TPSA) is 70.3 Å². The summed E-state index contributed by atoms with van der Waals surface area (Å²) in [7, 11) is 1.52. The van der Waals surface area contributed by atoms with E-state index in [0.29, 0.717) is 16.0 Å². The molecule has 2 rings (SSSR count). The SMILES string of the molecule is COCc1nc(N)cc(Oc2ccc(Br)c(F)c2)n1. The number of hydrogen-bond acceptors (Lipinski definition) is 5. The second-order valence-corrected chi connectivity index (χ2v) is 4.51. The van der Waals surface area contributed by atoms with Crippen LogP contribution in [0.5, 0.6) is 11.6 Å². The number of nitrogen functional groups attached to an aromatic ring is 1. The number of aromatic nitrogens is 2. The number of methoxy groups -OCH3 is 1. The number of anilines is 1. The predicted molar refractivity (Wildman–Crippen MR) is 71.3 cm³/mol. The second kappa shape index (κ2) is 5.94. The summed E-state index contributed by atoms with van der Waals surface area (Å²) in [5.41, 5.74) is 5.63. The molecular formula is C12H11BrFN3O2. The van der Waals surface area contributed by atoms with Gasteiger partial charge in [0.2, 0.25) is 5.88 Å². The van der Waals surface area contributed by atoms with E-state index in [9.17, 15) is 4.39 Å². The summed E-state index contributed by atoms with van der Waals surface area (Å²) in [4.78, 5) is 8.08. The first-order chi connectivity index (χ1) is 9.08. The van der Waals surface area contributed by atoms with Gasteiger partial charge in [-0.25, -0.2) is 9.37 Å². The van der Waals surface area contributed by atoms with E-state index in [-0.39, 0.29) is 18.3 Å². The van der Waals surface area contributed by atoms with Gasteiger partial charge in [-0.3, -0.25) is 0 Å². The Hall–Kier alpha value is -1.73. The van der Waals surface area contributed by atoms with Crippen LogP contribution in [-0.4, -0.2) is 17.1 Å². The Morgan fingerprint density at radius 2 is 2.11 bits per heavy atom. The van der Waals surface area contributed by atoms with Crippen molar-refractivity contribution >= 4 is 21.7 Å². The van der Waals surface area contributed by atoms with Crippen LogP contribution in [0.3, 0.4) is 0 Å². The number of halogens is 2. The number of nitrogens with zero attached hydrogens (tertiary/aromatic N) is 2. The molecule has 7 heteroatoms. The molecule has 0 unspecified atom stereocenters. The molecule has 1 aromatic carbocycles. The lowest BCUT2D eigenvalue weighted by molar-refractivity contribution is 0.177. The standard InChI is InChI=1S/C12H11BrFN3O2/c1-18-6-11-16-10(15)5-12(17-11)19-7-2-3-8(13)9(14)4-7/h2-5H,6H2,1H3,(H2,15,16,17). The molecule has 0 amide bonds. The Kier molecular flexibility index (Phi) is 4.28. The highest BCUT2D eigenvalue weighted by Crippen LogP contribution is 2.25. The third-order valence-corrected chi connectivity index (χ3v) is 2.80. The first-order valence-electron chi connectivity index (χ1n) is 5.34. The van der Waals surface area contributed by atoms with Crippen molar-refractivity contribution < 1.29 is 13.9 Å². The van der Waals surface area contributed by atoms with Crippen LogP contribution < -0.4 is 10.5 Å². The summed E-state index contributed by atoms with van der Waals surface area (Å²) in [5, 5.41) is 0. The highest BCUT2D eigenvalue weighted by atomic mass is 79.9. The molecule has 0 saturated heterocycles. The van der Waals surface area contributed by atoms with Crippen LogP contribution >= 0.6 is 15.9 Å². The van der Waals surface area contributed by atoms with E-state index in [2.05, 4.69) is 25.9 Å². The Morgan fingerprint density at radius 3 is 2.79 bits per heavy atom. The van der Waals surface area contributed by atoms with Gasteiger partial charge < -0.3 is 15.2 Å². The van der Waals surface area contributed by atoms with E-state index in [1.807, 2.05) is 0 Å². The minimum Gasteiger partial charge on any atom is -0.439 e. The number of rotatable bonds is 4. The third kappa shape index (κ3) is 3.62. The van der Waals surface area contributed by atoms with Crippen molar-refractivity contribution in [2.24, 2.45) is 0 Å². The summed E-state index contributed by atoms with van der Waals surface area (Å²) in [6.45, 7) is 0.218. The summed E-state index contributed by atoms with van der Waals surface area (Å²) in [5.74, 6) is 0.796. The Balaban J connectivity index is 2.24. The molecule has 0 aliphatic heterocycles. The van der Waals surface area contributed by atoms with Crippen molar-refractivity contribution in [3.8, 4) is 11.6 Å². The van der Waals surface area contributed by atoms with E-state index in [1.54, 1.807) is 12.1 Å². The largest absolute Gasteiger partial charge is 0.439 e. The number of benzene rings is 1. The lowest BCUT2D eigenvalue weighted by Crippen LogP contribution is -2.02. The van der Waals surface area contributed by atoms with Gasteiger partial charge >= 0.3 is 0 Å². The van der Waals surface area contributed by atoms with E-state index in [1.165, 1.54) is 19.2 Å². The average molecular weight is 328 g/mol. The fraction of sp³-hybridized carbons (Fsp3) is 0.167. The normalized spacial score (nSPS) is 10.5. The van der Waals surface area contributed by atoms with Crippen molar-refractivity contribution in [2.75, 3.05) is 12.8 Å². The zero-order valence-electron chi connectivity index (χ0n) is 10.1. The molecule has 5 nitrogen and oxygen atoms in total. The summed E-state index contributed by atoms with van der Waals surface area (Å²) in [6, 6.07) is 5.87. The van der Waals surface area contributed by atoms with E-state index in [4.69, 9.17) is 15.2 Å². The van der Waals surface area contributed by atoms with Crippen LogP contribution in [0.4, 0.5) is 10.2 Å². The maximum absolute atomic E-state index is 13.4. The number of ether oxygens (including phenoxy) is 2. The smallest absolute Gasteiger partial charge is 0.224 e. The Morgan fingerprint density at radius 1 is 1.32 bits per heavy atom. The molecule has 19 heavy (non-hydrogen) atoms. The lowest BCUT2D eigenvalue weighted by atomic mass is 10.3. The molecule has 0 aliphatic carbocycles. The summed E-state index contributed by atoms with van der Waals surface area (Å²) < 4.78 is 24.1. The molecule has 2 N–H and O–H groups in total. The molecule has 0 aliphatic rings. The lowest BCUT2D eigenvalue weighted by Gasteiger charge is -2.07. The molecule has 100 valence electrons. The molecule has 0 bridgehead atoms. The van der Waals surface area contributed by atoms with Gasteiger partial charge in [-0.1, -0.05) is 0 Å². The molecule has 0 saturated carbocycles. The first kappa shape index (κ1) is 13.7. The van der Waals surface area contributed by atoms with Crippen LogP contribution in [-0.2, 0) is 11.3 Å². The maximum atomic E-state index is 13.4. The summed E-state index contributed by atoms with van der Waals surface area (Å²) >= 11 is 3.07. The molecule has 0 fully saturated rings. The predicted octanol–water partition coefficient (Wildman–Crippen LogP) is 2.90. The van der Waals surface area contributed by atoms with Gasteiger partial charge in [0, 0.05) is 19.2 Å². The Labute approximate surface area is 117 Å². The van der Waals surface area contributed by atoms with Crippen molar-refractivity contribution in [2.45, 2.75) is 6.61 Å². The van der Waals surface area contributed by atoms with Gasteiger partial charge in [-0.2, -0.15) is 4.98 Å². The van der Waals surface area contributed by atoms with Gasteiger partial charge in [0.05, 0.1) is 4.47 Å². The first-order valence-corrected chi connectivity index (χ1v) is 6.13. The van der Waals surface area contributed by atoms with Gasteiger partial charge in [-0.05, 0) is 28.1 Å². The van der Waals surface area contributed by atoms with E-state index < -0.39 is 5.82 Å². The molecule has 0 atom stereocenters. The van der Waals surface area contributed by atoms with E-state index >= 15 is 0 Å². The van der Waals surface area contributed by atoms with Crippen LogP contribution in [0, 0.1) is 5.82 Å². The summed E-state index contributed by atoms with van der Waals surface area (Å²) in [6.07, 6.45) is 0. The highest BCUT2D eigenvalue weighted by molar-refractivity contribution is 9.10. The quantitative estimate of drug-likeness (QED) is 0.934. The van der Waals surface area contributed by atoms with E-state index in [0.717, 1.165) is 0 Å². The minimum atomic E-state index is -0.420. The highest BCUT2D eigenvalue weighted by Gasteiger charge is 2.07. The zero-order chi connectivity index (χ0) is 13.8. The van der Waals surface area contributed by atoms with Crippen LogP contribution in [0.15, 0.2) is 28.7 Å². The van der Waals surface area contributed by atoms with Gasteiger partial charge in [-0.15, -0.1) is 0 Å². The van der Waals surface area contributed by atoms with Crippen molar-refractivity contribution in [1.29, 1.82) is 0 Å². The number of nitrogens with two attached hydrogens (primary N) is 1. The Bertz CT molecular complexity index is 595. The molecule has 0 spiro atoms. The van der Waals surface area contributed by atoms with Crippen molar-refractivity contribution in [3.05, 3.63) is 40.4 Å². The molecule has 2 aromatic rings. The molecular weight excluding hydrogens is 317 g/mol. The number of hydrogen-bond donors (Lipinski definition) is 1. The molecule has 1 aromatic heterocycles. The van der Waals surface area contributed by atoms with Crippen molar-refractivity contribution in [1.82, 2.24) is 9.97 Å². The van der Waals surface area contributed by atoms with Crippen molar-refractivity contribution in [3.63, 3.8) is 0 Å². The molecule has 0 radical (unpaired) electrons. The van der Waals surface area contributed by atoms with Crippen LogP contribution in [0.2, 0.25) is 0 Å². The fourth-order valence-corrected chi connectivity index (χ4v) is 1.65. The monoisotopic (exact) mass is 327 g/mol. The average Bonchev–Trinajstić information content (AvgIpc) is 2.33. The van der Waals surface area contributed by atoms with Gasteiger partial charge in [0.25, 0.3) is 0 Å². The van der Waals surface area contributed by atoms with Crippen LogP contribution in [0.25, 0.3) is 0 Å². The van der Waals surface area contributed by atoms with Gasteiger partial charge in [0.15, 0.2) is 5.82 Å². The van der Waals surface area contributed by atoms with Gasteiger partial charge in [0.1, 0.15) is 24.0 Å². The second-order valence-electron chi connectivity index (χ2n) is 3.66. The fourth-order valence-electron chi connectivity index (χ4n) is 1.40. The third-order valence-electron chi connectivity index (χ3n) is 2.16.